The predicted molar refractivity (Wildman–Crippen MR) is 84.4 cm³/mol. The zero-order valence-corrected chi connectivity index (χ0v) is 13.4. The van der Waals surface area contributed by atoms with Gasteiger partial charge in [0.15, 0.2) is 0 Å². The molecule has 112 valence electrons. The van der Waals surface area contributed by atoms with Gasteiger partial charge in [0.1, 0.15) is 5.75 Å². The number of hydrogen-bond donors (Lipinski definition) is 1. The maximum atomic E-state index is 5.41. The van der Waals surface area contributed by atoms with Crippen molar-refractivity contribution in [3.63, 3.8) is 0 Å². The maximum absolute atomic E-state index is 5.41. The fourth-order valence-electron chi connectivity index (χ4n) is 3.18. The molecular formula is C17H28N2O. The van der Waals surface area contributed by atoms with E-state index in [1.807, 2.05) is 0 Å². The van der Waals surface area contributed by atoms with Crippen LogP contribution in [-0.4, -0.2) is 37.7 Å². The quantitative estimate of drug-likeness (QED) is 0.895. The number of fused-ring (bicyclic) bond motifs is 1. The van der Waals surface area contributed by atoms with Crippen LogP contribution in [0.5, 0.6) is 5.75 Å². The molecule has 0 saturated carbocycles. The highest BCUT2D eigenvalue weighted by molar-refractivity contribution is 5.40. The zero-order valence-electron chi connectivity index (χ0n) is 13.4. The fraction of sp³-hybridized carbons (Fsp3) is 0.647. The van der Waals surface area contributed by atoms with Crippen LogP contribution in [0.25, 0.3) is 0 Å². The van der Waals surface area contributed by atoms with Crippen LogP contribution in [-0.2, 0) is 6.42 Å². The third kappa shape index (κ3) is 2.99. The van der Waals surface area contributed by atoms with Gasteiger partial charge >= 0.3 is 0 Å². The van der Waals surface area contributed by atoms with Crippen molar-refractivity contribution >= 4 is 0 Å². The van der Waals surface area contributed by atoms with Gasteiger partial charge in [-0.1, -0.05) is 13.0 Å². The molecule has 0 heterocycles. The third-order valence-electron chi connectivity index (χ3n) is 4.54. The summed E-state index contributed by atoms with van der Waals surface area (Å²) < 4.78 is 5.41. The first-order chi connectivity index (χ1) is 9.58. The summed E-state index contributed by atoms with van der Waals surface area (Å²) in [6.07, 6.45) is 2.37. The number of methoxy groups -OCH3 is 1. The molecule has 0 saturated heterocycles. The van der Waals surface area contributed by atoms with Gasteiger partial charge in [0, 0.05) is 18.1 Å². The molecule has 0 aromatic heterocycles. The number of nitrogens with one attached hydrogen (secondary N) is 1. The molecule has 0 bridgehead atoms. The first-order valence-electron chi connectivity index (χ1n) is 7.70. The Morgan fingerprint density at radius 2 is 2.15 bits per heavy atom. The Balaban J connectivity index is 2.35. The molecule has 3 heteroatoms. The van der Waals surface area contributed by atoms with Crippen molar-refractivity contribution in [2.45, 2.75) is 51.7 Å². The van der Waals surface area contributed by atoms with Crippen LogP contribution in [0.4, 0.5) is 0 Å². The second-order valence-corrected chi connectivity index (χ2v) is 5.97. The van der Waals surface area contributed by atoms with Crippen molar-refractivity contribution in [1.29, 1.82) is 0 Å². The molecule has 1 aliphatic carbocycles. The lowest BCUT2D eigenvalue weighted by Crippen LogP contribution is -2.48. The molecule has 0 fully saturated rings. The highest BCUT2D eigenvalue weighted by atomic mass is 16.5. The maximum Gasteiger partial charge on any atom is 0.119 e. The van der Waals surface area contributed by atoms with Gasteiger partial charge < -0.3 is 10.1 Å². The molecule has 0 spiro atoms. The Morgan fingerprint density at radius 3 is 2.75 bits per heavy atom. The van der Waals surface area contributed by atoms with Crippen molar-refractivity contribution in [2.75, 3.05) is 20.7 Å². The predicted octanol–water partition coefficient (Wildman–Crippen LogP) is 3.00. The van der Waals surface area contributed by atoms with Crippen LogP contribution in [0.2, 0.25) is 0 Å². The van der Waals surface area contributed by atoms with Crippen molar-refractivity contribution in [3.8, 4) is 5.75 Å². The summed E-state index contributed by atoms with van der Waals surface area (Å²) in [4.78, 5) is 2.50. The molecule has 1 aromatic rings. The SMILES string of the molecule is CCNC1c2cc(OC)ccc2CCC1N(C)C(C)C. The van der Waals surface area contributed by atoms with Crippen LogP contribution in [0.1, 0.15) is 44.4 Å². The second-order valence-electron chi connectivity index (χ2n) is 5.97. The van der Waals surface area contributed by atoms with E-state index in [9.17, 15) is 0 Å². The minimum atomic E-state index is 0.395. The molecule has 3 nitrogen and oxygen atoms in total. The highest BCUT2D eigenvalue weighted by Gasteiger charge is 2.32. The van der Waals surface area contributed by atoms with E-state index in [0.717, 1.165) is 18.7 Å². The minimum Gasteiger partial charge on any atom is -0.497 e. The molecule has 20 heavy (non-hydrogen) atoms. The summed E-state index contributed by atoms with van der Waals surface area (Å²) >= 11 is 0. The summed E-state index contributed by atoms with van der Waals surface area (Å²) in [5.74, 6) is 0.958. The van der Waals surface area contributed by atoms with E-state index < -0.39 is 0 Å². The Morgan fingerprint density at radius 1 is 1.40 bits per heavy atom. The average molecular weight is 276 g/mol. The van der Waals surface area contributed by atoms with Crippen molar-refractivity contribution in [2.24, 2.45) is 0 Å². The molecule has 1 N–H and O–H groups in total. The monoisotopic (exact) mass is 276 g/mol. The molecule has 2 atom stereocenters. The number of rotatable bonds is 5. The average Bonchev–Trinajstić information content (AvgIpc) is 2.46. The third-order valence-corrected chi connectivity index (χ3v) is 4.54. The lowest BCUT2D eigenvalue weighted by Gasteiger charge is -2.41. The zero-order chi connectivity index (χ0) is 14.7. The largest absolute Gasteiger partial charge is 0.497 e. The summed E-state index contributed by atoms with van der Waals surface area (Å²) in [5.41, 5.74) is 2.88. The van der Waals surface area contributed by atoms with E-state index in [4.69, 9.17) is 4.74 Å². The van der Waals surface area contributed by atoms with Crippen LogP contribution < -0.4 is 10.1 Å². The lowest BCUT2D eigenvalue weighted by atomic mass is 9.82. The highest BCUT2D eigenvalue weighted by Crippen LogP contribution is 2.35. The van der Waals surface area contributed by atoms with Gasteiger partial charge in [0.05, 0.1) is 7.11 Å². The molecular weight excluding hydrogens is 248 g/mol. The van der Waals surface area contributed by atoms with E-state index in [-0.39, 0.29) is 0 Å². The van der Waals surface area contributed by atoms with Crippen LogP contribution in [0.15, 0.2) is 18.2 Å². The molecule has 0 amide bonds. The van der Waals surface area contributed by atoms with Gasteiger partial charge in [-0.25, -0.2) is 0 Å². The van der Waals surface area contributed by atoms with Gasteiger partial charge in [-0.2, -0.15) is 0 Å². The van der Waals surface area contributed by atoms with E-state index in [0.29, 0.717) is 18.1 Å². The number of aryl methyl sites for hydroxylation is 1. The summed E-state index contributed by atoms with van der Waals surface area (Å²) in [5, 5.41) is 3.68. The standard InChI is InChI=1S/C17H28N2O/c1-6-18-17-15-11-14(20-5)9-7-13(15)8-10-16(17)19(4)12(2)3/h7,9,11-12,16-18H,6,8,10H2,1-5H3. The van der Waals surface area contributed by atoms with Crippen molar-refractivity contribution in [3.05, 3.63) is 29.3 Å². The molecule has 0 aliphatic heterocycles. The van der Waals surface area contributed by atoms with E-state index in [2.05, 4.69) is 56.2 Å². The van der Waals surface area contributed by atoms with Crippen molar-refractivity contribution < 1.29 is 4.74 Å². The molecule has 0 radical (unpaired) electrons. The van der Waals surface area contributed by atoms with Gasteiger partial charge in [-0.05, 0) is 63.5 Å². The Hall–Kier alpha value is -1.06. The van der Waals surface area contributed by atoms with Gasteiger partial charge in [0.2, 0.25) is 0 Å². The lowest BCUT2D eigenvalue weighted by molar-refractivity contribution is 0.139. The van der Waals surface area contributed by atoms with E-state index in [1.54, 1.807) is 7.11 Å². The normalized spacial score (nSPS) is 22.1. The van der Waals surface area contributed by atoms with Crippen molar-refractivity contribution in [1.82, 2.24) is 10.2 Å². The number of nitrogens with zero attached hydrogens (tertiary/aromatic N) is 1. The Bertz CT molecular complexity index is 445. The first kappa shape index (κ1) is 15.3. The van der Waals surface area contributed by atoms with Crippen LogP contribution >= 0.6 is 0 Å². The molecule has 1 aromatic carbocycles. The Labute approximate surface area is 123 Å². The van der Waals surface area contributed by atoms with Crippen LogP contribution in [0, 0.1) is 0 Å². The van der Waals surface area contributed by atoms with Crippen LogP contribution in [0.3, 0.4) is 0 Å². The summed E-state index contributed by atoms with van der Waals surface area (Å²) in [6, 6.07) is 8.02. The molecule has 2 unspecified atom stereocenters. The smallest absolute Gasteiger partial charge is 0.119 e. The van der Waals surface area contributed by atoms with E-state index in [1.165, 1.54) is 17.5 Å². The second kappa shape index (κ2) is 6.59. The molecule has 2 rings (SSSR count). The number of likely N-dealkylation sites (N-methyl/N-ethyl adjacent to an activating group) is 2. The number of hydrogen-bond acceptors (Lipinski definition) is 3. The number of ether oxygens (including phenoxy) is 1. The van der Waals surface area contributed by atoms with Gasteiger partial charge in [0.25, 0.3) is 0 Å². The summed E-state index contributed by atoms with van der Waals surface area (Å²) in [7, 11) is 3.98. The van der Waals surface area contributed by atoms with Gasteiger partial charge in [-0.3, -0.25) is 4.90 Å². The Kier molecular flexibility index (Phi) is 5.06. The topological polar surface area (TPSA) is 24.5 Å². The fourth-order valence-corrected chi connectivity index (χ4v) is 3.18. The molecule has 1 aliphatic rings. The minimum absolute atomic E-state index is 0.395. The van der Waals surface area contributed by atoms with E-state index >= 15 is 0 Å². The summed E-state index contributed by atoms with van der Waals surface area (Å²) in [6.45, 7) is 7.71. The first-order valence-corrected chi connectivity index (χ1v) is 7.70. The number of benzene rings is 1. The van der Waals surface area contributed by atoms with Gasteiger partial charge in [-0.15, -0.1) is 0 Å².